The molecular formula is C63H45N. The molecule has 0 aromatic heterocycles. The van der Waals surface area contributed by atoms with Gasteiger partial charge in [-0.25, -0.2) is 0 Å². The van der Waals surface area contributed by atoms with Gasteiger partial charge in [-0.05, 0) is 154 Å². The summed E-state index contributed by atoms with van der Waals surface area (Å²) in [6, 6.07) is 87.2. The van der Waals surface area contributed by atoms with E-state index in [1.54, 1.807) is 0 Å². The molecule has 1 aliphatic carbocycles. The average Bonchev–Trinajstić information content (AvgIpc) is 3.59. The second-order valence-electron chi connectivity index (χ2n) is 17.7. The molecule has 0 atom stereocenters. The van der Waals surface area contributed by atoms with Crippen molar-refractivity contribution in [3.63, 3.8) is 0 Å². The summed E-state index contributed by atoms with van der Waals surface area (Å²) in [5.41, 5.74) is 18.4. The third-order valence-electron chi connectivity index (χ3n) is 13.6. The Morgan fingerprint density at radius 1 is 0.266 bits per heavy atom. The quantitative estimate of drug-likeness (QED) is 0.145. The van der Waals surface area contributed by atoms with E-state index in [4.69, 9.17) is 0 Å². The van der Waals surface area contributed by atoms with Crippen molar-refractivity contribution in [3.8, 4) is 55.6 Å². The van der Waals surface area contributed by atoms with Crippen LogP contribution in [-0.4, -0.2) is 0 Å². The summed E-state index contributed by atoms with van der Waals surface area (Å²) in [6.07, 6.45) is 0. The fourth-order valence-corrected chi connectivity index (χ4v) is 10.4. The highest BCUT2D eigenvalue weighted by atomic mass is 15.1. The van der Waals surface area contributed by atoms with Gasteiger partial charge >= 0.3 is 0 Å². The molecule has 0 heterocycles. The molecule has 64 heavy (non-hydrogen) atoms. The van der Waals surface area contributed by atoms with Gasteiger partial charge < -0.3 is 4.90 Å². The second-order valence-corrected chi connectivity index (χ2v) is 17.7. The summed E-state index contributed by atoms with van der Waals surface area (Å²) in [5, 5.41) is 7.58. The minimum Gasteiger partial charge on any atom is -0.310 e. The van der Waals surface area contributed by atoms with Crippen molar-refractivity contribution < 1.29 is 0 Å². The van der Waals surface area contributed by atoms with Crippen molar-refractivity contribution in [1.29, 1.82) is 0 Å². The van der Waals surface area contributed by atoms with E-state index in [-0.39, 0.29) is 5.41 Å². The number of anilines is 3. The van der Waals surface area contributed by atoms with Gasteiger partial charge in [-0.1, -0.05) is 196 Å². The molecule has 0 bridgehead atoms. The van der Waals surface area contributed by atoms with Crippen LogP contribution >= 0.6 is 0 Å². The highest BCUT2D eigenvalue weighted by Crippen LogP contribution is 2.50. The van der Waals surface area contributed by atoms with Gasteiger partial charge in [0.2, 0.25) is 0 Å². The first-order valence-corrected chi connectivity index (χ1v) is 22.3. The Bertz CT molecular complexity index is 3570. The maximum absolute atomic E-state index is 2.41. The molecule has 11 aromatic rings. The number of nitrogens with zero attached hydrogens (tertiary/aromatic N) is 1. The fraction of sp³-hybridized carbons (Fsp3) is 0.0476. The standard InChI is InChI=1S/C63H45N/c1-63(2)61-27-10-9-25-58(61)59-37-32-47(41-62(59)63)42-28-33-50(34-29-42)64(51-35-30-44(31-36-51)60-40-49-15-4-6-22-55(49)56-23-7-8-24-57(56)60)52-20-12-18-46(39-52)45-17-11-19-48(38-45)54-26-13-16-43-14-3-5-21-53(43)54/h3-41H,1-2H3. The molecule has 302 valence electrons. The molecule has 0 radical (unpaired) electrons. The minimum absolute atomic E-state index is 0.0522. The van der Waals surface area contributed by atoms with Gasteiger partial charge in [-0.2, -0.15) is 0 Å². The molecule has 0 unspecified atom stereocenters. The van der Waals surface area contributed by atoms with Gasteiger partial charge in [0.15, 0.2) is 0 Å². The molecule has 0 amide bonds. The predicted octanol–water partition coefficient (Wildman–Crippen LogP) is 17.6. The van der Waals surface area contributed by atoms with E-state index in [2.05, 4.69) is 255 Å². The molecule has 0 saturated heterocycles. The third kappa shape index (κ3) is 6.31. The summed E-state index contributed by atoms with van der Waals surface area (Å²) < 4.78 is 0. The van der Waals surface area contributed by atoms with E-state index in [1.807, 2.05) is 0 Å². The van der Waals surface area contributed by atoms with Gasteiger partial charge in [0, 0.05) is 22.5 Å². The Morgan fingerprint density at radius 2 is 0.797 bits per heavy atom. The Hall–Kier alpha value is -8.00. The van der Waals surface area contributed by atoms with Crippen LogP contribution in [-0.2, 0) is 5.41 Å². The number of rotatable bonds is 7. The van der Waals surface area contributed by atoms with Crippen LogP contribution in [0.4, 0.5) is 17.1 Å². The first-order valence-electron chi connectivity index (χ1n) is 22.3. The lowest BCUT2D eigenvalue weighted by molar-refractivity contribution is 0.660. The van der Waals surface area contributed by atoms with Gasteiger partial charge in [-0.3, -0.25) is 0 Å². The van der Waals surface area contributed by atoms with Gasteiger partial charge in [-0.15, -0.1) is 0 Å². The van der Waals surface area contributed by atoms with E-state index in [9.17, 15) is 0 Å². The van der Waals surface area contributed by atoms with Crippen LogP contribution < -0.4 is 4.90 Å². The van der Waals surface area contributed by atoms with Crippen molar-refractivity contribution in [2.45, 2.75) is 19.3 Å². The fourth-order valence-electron chi connectivity index (χ4n) is 10.4. The van der Waals surface area contributed by atoms with Crippen molar-refractivity contribution in [3.05, 3.63) is 248 Å². The monoisotopic (exact) mass is 815 g/mol. The molecule has 1 aliphatic rings. The smallest absolute Gasteiger partial charge is 0.0467 e. The molecular weight excluding hydrogens is 771 g/mol. The van der Waals surface area contributed by atoms with E-state index in [0.29, 0.717) is 0 Å². The predicted molar refractivity (Wildman–Crippen MR) is 273 cm³/mol. The lowest BCUT2D eigenvalue weighted by atomic mass is 9.81. The molecule has 0 spiro atoms. The SMILES string of the molecule is CC1(C)c2ccccc2-c2ccc(-c3ccc(N(c4ccc(-c5cc6ccccc6c6ccccc56)cc4)c4cccc(-c5cccc(-c6cccc7ccccc67)c5)c4)cc3)cc21. The molecule has 0 N–H and O–H groups in total. The average molecular weight is 816 g/mol. The number of fused-ring (bicyclic) bond motifs is 7. The highest BCUT2D eigenvalue weighted by Gasteiger charge is 2.35. The zero-order valence-electron chi connectivity index (χ0n) is 36.0. The van der Waals surface area contributed by atoms with Crippen LogP contribution in [0.1, 0.15) is 25.0 Å². The summed E-state index contributed by atoms with van der Waals surface area (Å²) in [5.74, 6) is 0. The molecule has 0 saturated carbocycles. The molecule has 1 heteroatoms. The topological polar surface area (TPSA) is 3.24 Å². The number of hydrogen-bond donors (Lipinski definition) is 0. The Labute approximate surface area is 375 Å². The van der Waals surface area contributed by atoms with Crippen molar-refractivity contribution in [2.24, 2.45) is 0 Å². The Balaban J connectivity index is 0.951. The largest absolute Gasteiger partial charge is 0.310 e. The maximum atomic E-state index is 2.41. The zero-order chi connectivity index (χ0) is 42.8. The molecule has 11 aromatic carbocycles. The molecule has 1 nitrogen and oxygen atoms in total. The summed E-state index contributed by atoms with van der Waals surface area (Å²) in [4.78, 5) is 2.40. The van der Waals surface area contributed by atoms with Crippen molar-refractivity contribution in [2.75, 3.05) is 4.90 Å². The van der Waals surface area contributed by atoms with Crippen LogP contribution in [0.15, 0.2) is 237 Å². The van der Waals surface area contributed by atoms with Crippen LogP contribution in [0, 0.1) is 0 Å². The van der Waals surface area contributed by atoms with E-state index < -0.39 is 0 Å². The molecule has 0 fully saturated rings. The van der Waals surface area contributed by atoms with Crippen molar-refractivity contribution in [1.82, 2.24) is 0 Å². The van der Waals surface area contributed by atoms with Crippen LogP contribution in [0.2, 0.25) is 0 Å². The molecule has 0 aliphatic heterocycles. The summed E-state index contributed by atoms with van der Waals surface area (Å²) >= 11 is 0. The minimum atomic E-state index is -0.0522. The van der Waals surface area contributed by atoms with Crippen LogP contribution in [0.3, 0.4) is 0 Å². The maximum Gasteiger partial charge on any atom is 0.0467 e. The van der Waals surface area contributed by atoms with Gasteiger partial charge in [0.25, 0.3) is 0 Å². The Morgan fingerprint density at radius 3 is 1.59 bits per heavy atom. The second kappa shape index (κ2) is 15.1. The van der Waals surface area contributed by atoms with E-state index >= 15 is 0 Å². The first kappa shape index (κ1) is 37.7. The normalized spacial score (nSPS) is 12.7. The third-order valence-corrected chi connectivity index (χ3v) is 13.6. The molecule has 12 rings (SSSR count). The van der Waals surface area contributed by atoms with Crippen LogP contribution in [0.5, 0.6) is 0 Å². The highest BCUT2D eigenvalue weighted by molar-refractivity contribution is 6.13. The summed E-state index contributed by atoms with van der Waals surface area (Å²) in [6.45, 7) is 4.70. The first-order chi connectivity index (χ1) is 31.5. The number of hydrogen-bond acceptors (Lipinski definition) is 1. The Kier molecular flexibility index (Phi) is 8.91. The van der Waals surface area contributed by atoms with Crippen molar-refractivity contribution >= 4 is 49.4 Å². The van der Waals surface area contributed by atoms with E-state index in [0.717, 1.165) is 17.1 Å². The summed E-state index contributed by atoms with van der Waals surface area (Å²) in [7, 11) is 0. The zero-order valence-corrected chi connectivity index (χ0v) is 36.0. The lowest BCUT2D eigenvalue weighted by Gasteiger charge is -2.27. The van der Waals surface area contributed by atoms with Gasteiger partial charge in [0.05, 0.1) is 0 Å². The van der Waals surface area contributed by atoms with E-state index in [1.165, 1.54) is 99.1 Å². The van der Waals surface area contributed by atoms with Gasteiger partial charge in [0.1, 0.15) is 0 Å². The lowest BCUT2D eigenvalue weighted by Crippen LogP contribution is -2.14. The number of benzene rings is 11. The van der Waals surface area contributed by atoms with Crippen LogP contribution in [0.25, 0.3) is 88.0 Å².